The number of carbonyl (C=O) groups is 1. The number of para-hydroxylation sites is 1. The van der Waals surface area contributed by atoms with Crippen molar-refractivity contribution in [3.8, 4) is 0 Å². The van der Waals surface area contributed by atoms with Crippen molar-refractivity contribution in [1.82, 2.24) is 4.90 Å². The van der Waals surface area contributed by atoms with E-state index in [0.717, 1.165) is 11.1 Å². The van der Waals surface area contributed by atoms with Crippen molar-refractivity contribution in [3.05, 3.63) is 65.7 Å². The Bertz CT molecular complexity index is 1250. The van der Waals surface area contributed by atoms with Crippen LogP contribution >= 0.6 is 11.6 Å². The molecule has 2 aliphatic rings. The van der Waals surface area contributed by atoms with Gasteiger partial charge in [-0.05, 0) is 29.7 Å². The summed E-state index contributed by atoms with van der Waals surface area (Å²) in [5.74, 6) is -0.192. The maximum absolute atomic E-state index is 13.1. The minimum absolute atomic E-state index is 0.192. The van der Waals surface area contributed by atoms with Crippen molar-refractivity contribution in [3.63, 3.8) is 0 Å². The zero-order chi connectivity index (χ0) is 20.9. The smallest absolute Gasteiger partial charge is 0.265 e. The van der Waals surface area contributed by atoms with Gasteiger partial charge in [0.1, 0.15) is 6.54 Å². The van der Waals surface area contributed by atoms with Gasteiger partial charge in [-0.2, -0.15) is 0 Å². The van der Waals surface area contributed by atoms with Gasteiger partial charge in [0, 0.05) is 31.6 Å². The zero-order valence-electron chi connectivity index (χ0n) is 16.2. The highest BCUT2D eigenvalue weighted by Gasteiger charge is 2.37. The summed E-state index contributed by atoms with van der Waals surface area (Å²) in [6.07, 6.45) is 0. The molecular weight excluding hydrogens is 422 g/mol. The highest BCUT2D eigenvalue weighted by Crippen LogP contribution is 2.41. The lowest BCUT2D eigenvalue weighted by molar-refractivity contribution is -0.129. The van der Waals surface area contributed by atoms with E-state index in [1.807, 2.05) is 42.5 Å². The summed E-state index contributed by atoms with van der Waals surface area (Å²) in [7, 11) is -3.73. The molecule has 1 fully saturated rings. The van der Waals surface area contributed by atoms with Gasteiger partial charge in [0.2, 0.25) is 5.91 Å². The van der Waals surface area contributed by atoms with E-state index in [0.29, 0.717) is 42.3 Å². The Kier molecular flexibility index (Phi) is 4.60. The molecule has 0 unspecified atom stereocenters. The number of amides is 1. The van der Waals surface area contributed by atoms with E-state index < -0.39 is 10.0 Å². The monoisotopic (exact) mass is 441 g/mol. The summed E-state index contributed by atoms with van der Waals surface area (Å²) in [4.78, 5) is 17.1. The first kappa shape index (κ1) is 19.2. The molecule has 1 amide bonds. The molecule has 0 N–H and O–H groups in total. The standard InChI is InChI=1S/C22H20ClN3O3S/c23-17-7-1-2-8-18(17)24-11-13-25(14-12-24)21(27)15-26-19-9-3-5-16-6-4-10-20(22(16)19)30(26,28)29/h1-10H,11-15H2. The second-order valence-corrected chi connectivity index (χ2v) is 9.70. The average Bonchev–Trinajstić information content (AvgIpc) is 2.97. The Hall–Kier alpha value is -2.77. The van der Waals surface area contributed by atoms with Crippen LogP contribution in [0.5, 0.6) is 0 Å². The van der Waals surface area contributed by atoms with Gasteiger partial charge >= 0.3 is 0 Å². The van der Waals surface area contributed by atoms with Crippen LogP contribution in [0.25, 0.3) is 10.8 Å². The summed E-state index contributed by atoms with van der Waals surface area (Å²) in [5.41, 5.74) is 1.53. The van der Waals surface area contributed by atoms with Gasteiger partial charge in [0.25, 0.3) is 10.0 Å². The van der Waals surface area contributed by atoms with Gasteiger partial charge in [-0.3, -0.25) is 9.10 Å². The second-order valence-electron chi connectivity index (χ2n) is 7.46. The summed E-state index contributed by atoms with van der Waals surface area (Å²) in [6.45, 7) is 2.16. The highest BCUT2D eigenvalue weighted by molar-refractivity contribution is 7.93. The van der Waals surface area contributed by atoms with Gasteiger partial charge < -0.3 is 9.80 Å². The molecule has 2 aliphatic heterocycles. The van der Waals surface area contributed by atoms with Crippen LogP contribution in [-0.4, -0.2) is 51.9 Å². The largest absolute Gasteiger partial charge is 0.367 e. The van der Waals surface area contributed by atoms with Crippen LogP contribution < -0.4 is 9.21 Å². The fraction of sp³-hybridized carbons (Fsp3) is 0.227. The molecular formula is C22H20ClN3O3S. The molecule has 2 heterocycles. The maximum Gasteiger partial charge on any atom is 0.265 e. The van der Waals surface area contributed by atoms with Crippen LogP contribution in [0.1, 0.15) is 0 Å². The summed E-state index contributed by atoms with van der Waals surface area (Å²) in [6, 6.07) is 18.3. The lowest BCUT2D eigenvalue weighted by atomic mass is 10.1. The predicted molar refractivity (Wildman–Crippen MR) is 119 cm³/mol. The van der Waals surface area contributed by atoms with Crippen molar-refractivity contribution < 1.29 is 13.2 Å². The zero-order valence-corrected chi connectivity index (χ0v) is 17.7. The fourth-order valence-corrected chi connectivity index (χ4v) is 6.17. The molecule has 0 aromatic heterocycles. The van der Waals surface area contributed by atoms with Crippen LogP contribution in [0.4, 0.5) is 11.4 Å². The van der Waals surface area contributed by atoms with Gasteiger partial charge in [-0.25, -0.2) is 8.42 Å². The third-order valence-corrected chi connectivity index (χ3v) is 7.91. The van der Waals surface area contributed by atoms with Crippen molar-refractivity contribution in [2.75, 3.05) is 41.9 Å². The number of piperazine rings is 1. The molecule has 0 bridgehead atoms. The molecule has 0 saturated carbocycles. The number of hydrogen-bond acceptors (Lipinski definition) is 4. The number of sulfonamides is 1. The molecule has 8 heteroatoms. The van der Waals surface area contributed by atoms with E-state index in [1.165, 1.54) is 4.31 Å². The van der Waals surface area contributed by atoms with Crippen LogP contribution in [0, 0.1) is 0 Å². The highest BCUT2D eigenvalue weighted by atomic mass is 35.5. The minimum atomic E-state index is -3.73. The summed E-state index contributed by atoms with van der Waals surface area (Å²) >= 11 is 6.29. The fourth-order valence-electron chi connectivity index (χ4n) is 4.26. The third-order valence-electron chi connectivity index (χ3n) is 5.79. The Morgan fingerprint density at radius 3 is 2.27 bits per heavy atom. The predicted octanol–water partition coefficient (Wildman–Crippen LogP) is 3.35. The third kappa shape index (κ3) is 3.00. The lowest BCUT2D eigenvalue weighted by Crippen LogP contribution is -2.51. The molecule has 6 nitrogen and oxygen atoms in total. The van der Waals surface area contributed by atoms with Crippen molar-refractivity contribution in [2.45, 2.75) is 4.90 Å². The van der Waals surface area contributed by atoms with Gasteiger partial charge in [0.15, 0.2) is 0 Å². The molecule has 0 radical (unpaired) electrons. The lowest BCUT2D eigenvalue weighted by Gasteiger charge is -2.37. The first-order valence-corrected chi connectivity index (χ1v) is 11.6. The van der Waals surface area contributed by atoms with Crippen molar-refractivity contribution in [1.29, 1.82) is 0 Å². The number of rotatable bonds is 3. The Morgan fingerprint density at radius 2 is 1.53 bits per heavy atom. The average molecular weight is 442 g/mol. The molecule has 0 atom stereocenters. The second kappa shape index (κ2) is 7.18. The molecule has 5 rings (SSSR count). The normalized spacial score (nSPS) is 17.6. The number of carbonyl (C=O) groups excluding carboxylic acids is 1. The van der Waals surface area contributed by atoms with Crippen LogP contribution in [0.3, 0.4) is 0 Å². The first-order valence-electron chi connectivity index (χ1n) is 9.78. The summed E-state index contributed by atoms with van der Waals surface area (Å²) in [5, 5.41) is 2.24. The van der Waals surface area contributed by atoms with Crippen LogP contribution in [0.2, 0.25) is 5.02 Å². The molecule has 0 aliphatic carbocycles. The number of benzene rings is 3. The SMILES string of the molecule is O=C(CN1c2cccc3cccc(c23)S1(=O)=O)N1CCN(c2ccccc2Cl)CC1. The molecule has 3 aromatic carbocycles. The van der Waals surface area contributed by atoms with E-state index in [9.17, 15) is 13.2 Å². The van der Waals surface area contributed by atoms with Crippen molar-refractivity contribution >= 4 is 49.7 Å². The molecule has 0 spiro atoms. The number of nitrogens with zero attached hydrogens (tertiary/aromatic N) is 3. The van der Waals surface area contributed by atoms with E-state index in [2.05, 4.69) is 4.90 Å². The Labute approximate surface area is 180 Å². The maximum atomic E-state index is 13.1. The van der Waals surface area contributed by atoms with Gasteiger partial charge in [0.05, 0.1) is 21.3 Å². The molecule has 154 valence electrons. The number of halogens is 1. The Balaban J connectivity index is 1.34. The summed E-state index contributed by atoms with van der Waals surface area (Å²) < 4.78 is 27.4. The first-order chi connectivity index (χ1) is 14.5. The van der Waals surface area contributed by atoms with Crippen molar-refractivity contribution in [2.24, 2.45) is 0 Å². The molecule has 3 aromatic rings. The molecule has 1 saturated heterocycles. The topological polar surface area (TPSA) is 60.9 Å². The minimum Gasteiger partial charge on any atom is -0.367 e. The van der Waals surface area contributed by atoms with Gasteiger partial charge in [-0.1, -0.05) is 48.0 Å². The van der Waals surface area contributed by atoms with E-state index in [-0.39, 0.29) is 17.3 Å². The van der Waals surface area contributed by atoms with E-state index >= 15 is 0 Å². The number of hydrogen-bond donors (Lipinski definition) is 0. The number of anilines is 2. The van der Waals surface area contributed by atoms with Gasteiger partial charge in [-0.15, -0.1) is 0 Å². The molecule has 30 heavy (non-hydrogen) atoms. The Morgan fingerprint density at radius 1 is 0.867 bits per heavy atom. The van der Waals surface area contributed by atoms with E-state index in [4.69, 9.17) is 11.6 Å². The quantitative estimate of drug-likeness (QED) is 0.625. The van der Waals surface area contributed by atoms with Crippen LogP contribution in [-0.2, 0) is 14.8 Å². The van der Waals surface area contributed by atoms with E-state index in [1.54, 1.807) is 23.1 Å². The van der Waals surface area contributed by atoms with Crippen LogP contribution in [0.15, 0.2) is 65.6 Å².